The highest BCUT2D eigenvalue weighted by atomic mass is 19.1. The maximum Gasteiger partial charge on any atom is 0.328 e. The number of carbonyl (C=O) groups excluding carboxylic acids is 2. The minimum atomic E-state index is -0.877. The summed E-state index contributed by atoms with van der Waals surface area (Å²) >= 11 is 0. The third kappa shape index (κ3) is 4.24. The molecule has 6 heteroatoms. The average molecular weight is 269 g/mol. The van der Waals surface area contributed by atoms with Gasteiger partial charge in [-0.1, -0.05) is 0 Å². The van der Waals surface area contributed by atoms with Gasteiger partial charge in [0.05, 0.1) is 14.2 Å². The summed E-state index contributed by atoms with van der Waals surface area (Å²) < 4.78 is 22.9. The molecule has 1 aromatic rings. The van der Waals surface area contributed by atoms with Gasteiger partial charge in [-0.2, -0.15) is 0 Å². The van der Waals surface area contributed by atoms with E-state index in [4.69, 9.17) is 4.74 Å². The zero-order valence-electron chi connectivity index (χ0n) is 11.0. The summed E-state index contributed by atoms with van der Waals surface area (Å²) in [6.45, 7) is 1.29. The van der Waals surface area contributed by atoms with Crippen molar-refractivity contribution in [2.75, 3.05) is 14.2 Å². The molecule has 1 rings (SSSR count). The van der Waals surface area contributed by atoms with Crippen LogP contribution in [-0.4, -0.2) is 32.1 Å². The highest BCUT2D eigenvalue weighted by Crippen LogP contribution is 2.21. The van der Waals surface area contributed by atoms with Crippen molar-refractivity contribution in [1.82, 2.24) is 5.32 Å². The number of halogens is 1. The molecule has 19 heavy (non-hydrogen) atoms. The molecule has 1 N–H and O–H groups in total. The average Bonchev–Trinajstić information content (AvgIpc) is 2.36. The lowest BCUT2D eigenvalue weighted by molar-refractivity contribution is -0.144. The summed E-state index contributed by atoms with van der Waals surface area (Å²) in [4.78, 5) is 22.6. The molecule has 0 radical (unpaired) electrons. The Balaban J connectivity index is 2.98. The molecule has 1 aromatic carbocycles. The van der Waals surface area contributed by atoms with Crippen molar-refractivity contribution in [3.05, 3.63) is 29.6 Å². The fraction of sp³-hybridized carbons (Fsp3) is 0.385. The van der Waals surface area contributed by atoms with Crippen LogP contribution in [0.1, 0.15) is 12.5 Å². The van der Waals surface area contributed by atoms with E-state index in [1.54, 1.807) is 0 Å². The molecule has 0 spiro atoms. The van der Waals surface area contributed by atoms with Crippen molar-refractivity contribution < 1.29 is 23.5 Å². The summed E-state index contributed by atoms with van der Waals surface area (Å²) in [6.07, 6.45) is 0.0905. The van der Waals surface area contributed by atoms with Crippen LogP contribution in [0, 0.1) is 5.82 Å². The molecular formula is C13H16FNO4. The van der Waals surface area contributed by atoms with Gasteiger partial charge in [0.25, 0.3) is 0 Å². The van der Waals surface area contributed by atoms with Crippen molar-refractivity contribution in [1.29, 1.82) is 0 Å². The van der Waals surface area contributed by atoms with E-state index >= 15 is 0 Å². The van der Waals surface area contributed by atoms with Crippen LogP contribution >= 0.6 is 0 Å². The van der Waals surface area contributed by atoms with Crippen LogP contribution in [0.2, 0.25) is 0 Å². The predicted octanol–water partition coefficient (Wildman–Crippen LogP) is 1.05. The third-order valence-corrected chi connectivity index (χ3v) is 2.53. The number of ether oxygens (including phenoxy) is 2. The van der Waals surface area contributed by atoms with Crippen molar-refractivity contribution >= 4 is 11.9 Å². The lowest BCUT2D eigenvalue weighted by Crippen LogP contribution is -2.42. The van der Waals surface area contributed by atoms with Crippen LogP contribution in [0.3, 0.4) is 0 Å². The van der Waals surface area contributed by atoms with E-state index in [1.165, 1.54) is 39.3 Å². The Morgan fingerprint density at radius 1 is 1.37 bits per heavy atom. The van der Waals surface area contributed by atoms with Crippen molar-refractivity contribution in [2.24, 2.45) is 0 Å². The second-order valence-corrected chi connectivity index (χ2v) is 3.94. The normalized spacial score (nSPS) is 11.6. The molecule has 0 heterocycles. The molecule has 0 aromatic heterocycles. The van der Waals surface area contributed by atoms with Gasteiger partial charge in [0.15, 0.2) is 0 Å². The van der Waals surface area contributed by atoms with Gasteiger partial charge in [-0.25, -0.2) is 9.18 Å². The Morgan fingerprint density at radius 2 is 2.05 bits per heavy atom. The number of nitrogens with one attached hydrogen (secondary N) is 1. The number of hydrogen-bond acceptors (Lipinski definition) is 4. The van der Waals surface area contributed by atoms with Gasteiger partial charge in [0.1, 0.15) is 17.6 Å². The first-order chi connectivity index (χ1) is 8.97. The van der Waals surface area contributed by atoms with E-state index in [0.29, 0.717) is 11.3 Å². The highest BCUT2D eigenvalue weighted by molar-refractivity contribution is 5.83. The van der Waals surface area contributed by atoms with Crippen LogP contribution < -0.4 is 10.1 Å². The van der Waals surface area contributed by atoms with Crippen LogP contribution in [-0.2, 0) is 20.7 Å². The minimum Gasteiger partial charge on any atom is -0.496 e. The zero-order valence-corrected chi connectivity index (χ0v) is 11.0. The number of methoxy groups -OCH3 is 2. The van der Waals surface area contributed by atoms with Gasteiger partial charge in [-0.3, -0.25) is 4.79 Å². The van der Waals surface area contributed by atoms with E-state index < -0.39 is 17.8 Å². The lowest BCUT2D eigenvalue weighted by Gasteiger charge is -2.17. The molecular weight excluding hydrogens is 253 g/mol. The minimum absolute atomic E-state index is 0.0905. The smallest absolute Gasteiger partial charge is 0.328 e. The Kier molecular flexibility index (Phi) is 5.29. The molecule has 0 saturated carbocycles. The first-order valence-electron chi connectivity index (χ1n) is 5.65. The van der Waals surface area contributed by atoms with Crippen LogP contribution in [0.15, 0.2) is 18.2 Å². The fourth-order valence-corrected chi connectivity index (χ4v) is 1.71. The topological polar surface area (TPSA) is 64.6 Å². The second kappa shape index (κ2) is 6.72. The molecule has 0 bridgehead atoms. The summed E-state index contributed by atoms with van der Waals surface area (Å²) in [5.41, 5.74) is 0.478. The van der Waals surface area contributed by atoms with Gasteiger partial charge in [-0.15, -0.1) is 0 Å². The fourth-order valence-electron chi connectivity index (χ4n) is 1.71. The second-order valence-electron chi connectivity index (χ2n) is 3.94. The van der Waals surface area contributed by atoms with E-state index in [-0.39, 0.29) is 12.3 Å². The lowest BCUT2D eigenvalue weighted by atomic mass is 10.0. The summed E-state index contributed by atoms with van der Waals surface area (Å²) in [5.74, 6) is -0.963. The third-order valence-electron chi connectivity index (χ3n) is 2.53. The molecule has 5 nitrogen and oxygen atoms in total. The van der Waals surface area contributed by atoms with Crippen LogP contribution in [0.4, 0.5) is 4.39 Å². The van der Waals surface area contributed by atoms with Crippen molar-refractivity contribution in [3.8, 4) is 5.75 Å². The first-order valence-corrected chi connectivity index (χ1v) is 5.65. The molecule has 1 atom stereocenters. The molecule has 0 fully saturated rings. The Morgan fingerprint density at radius 3 is 2.58 bits per heavy atom. The Labute approximate surface area is 110 Å². The van der Waals surface area contributed by atoms with E-state index in [2.05, 4.69) is 10.1 Å². The number of benzene rings is 1. The van der Waals surface area contributed by atoms with Crippen molar-refractivity contribution in [2.45, 2.75) is 19.4 Å². The van der Waals surface area contributed by atoms with Crippen LogP contribution in [0.25, 0.3) is 0 Å². The van der Waals surface area contributed by atoms with Gasteiger partial charge >= 0.3 is 5.97 Å². The summed E-state index contributed by atoms with van der Waals surface area (Å²) in [7, 11) is 2.67. The number of hydrogen-bond donors (Lipinski definition) is 1. The number of rotatable bonds is 5. The van der Waals surface area contributed by atoms with E-state index in [1.807, 2.05) is 0 Å². The van der Waals surface area contributed by atoms with Gasteiger partial charge in [-0.05, 0) is 23.8 Å². The molecule has 1 unspecified atom stereocenters. The number of carbonyl (C=O) groups is 2. The zero-order chi connectivity index (χ0) is 14.4. The monoisotopic (exact) mass is 269 g/mol. The van der Waals surface area contributed by atoms with Gasteiger partial charge < -0.3 is 14.8 Å². The molecule has 0 aliphatic rings. The summed E-state index contributed by atoms with van der Waals surface area (Å²) in [5, 5.41) is 2.46. The SMILES string of the molecule is COC(=O)C(Cc1cc(F)ccc1OC)NC(C)=O. The maximum atomic E-state index is 13.2. The predicted molar refractivity (Wildman–Crippen MR) is 66.3 cm³/mol. The molecule has 104 valence electrons. The van der Waals surface area contributed by atoms with Gasteiger partial charge in [0, 0.05) is 13.3 Å². The van der Waals surface area contributed by atoms with E-state index in [9.17, 15) is 14.0 Å². The maximum absolute atomic E-state index is 13.2. The number of amides is 1. The van der Waals surface area contributed by atoms with E-state index in [0.717, 1.165) is 0 Å². The van der Waals surface area contributed by atoms with Crippen LogP contribution in [0.5, 0.6) is 5.75 Å². The first kappa shape index (κ1) is 14.9. The quantitative estimate of drug-likeness (QED) is 0.812. The Bertz CT molecular complexity index is 476. The molecule has 0 saturated heterocycles. The Hall–Kier alpha value is -2.11. The summed E-state index contributed by atoms with van der Waals surface area (Å²) in [6, 6.07) is 3.11. The van der Waals surface area contributed by atoms with Gasteiger partial charge in [0.2, 0.25) is 5.91 Å². The number of esters is 1. The standard InChI is InChI=1S/C13H16FNO4/c1-8(16)15-11(13(17)19-3)7-9-6-10(14)4-5-12(9)18-2/h4-6,11H,7H2,1-3H3,(H,15,16). The molecule has 0 aliphatic heterocycles. The molecule has 0 aliphatic carbocycles. The largest absolute Gasteiger partial charge is 0.496 e. The highest BCUT2D eigenvalue weighted by Gasteiger charge is 2.22. The molecule has 1 amide bonds. The van der Waals surface area contributed by atoms with Crippen molar-refractivity contribution in [3.63, 3.8) is 0 Å².